The zero-order valence-corrected chi connectivity index (χ0v) is 10.1. The van der Waals surface area contributed by atoms with Gasteiger partial charge in [0.15, 0.2) is 0 Å². The highest BCUT2D eigenvalue weighted by Gasteiger charge is 2.08. The highest BCUT2D eigenvalue weighted by atomic mass is 16.2. The van der Waals surface area contributed by atoms with E-state index in [1.54, 1.807) is 12.1 Å². The molecule has 2 rings (SSSR count). The fraction of sp³-hybridized carbons (Fsp3) is 0.231. The summed E-state index contributed by atoms with van der Waals surface area (Å²) in [5.74, 6) is -0.432. The van der Waals surface area contributed by atoms with Crippen molar-refractivity contribution in [3.05, 3.63) is 36.0 Å². The van der Waals surface area contributed by atoms with E-state index in [9.17, 15) is 9.59 Å². The summed E-state index contributed by atoms with van der Waals surface area (Å²) in [4.78, 5) is 26.1. The molecular weight excluding hydrogens is 230 g/mol. The number of rotatable bonds is 4. The topological polar surface area (TPSA) is 74.0 Å². The first-order chi connectivity index (χ1) is 8.70. The number of carbonyl (C=O) groups is 2. The first kappa shape index (κ1) is 12.2. The molecule has 0 saturated heterocycles. The lowest BCUT2D eigenvalue weighted by atomic mass is 10.1. The van der Waals surface area contributed by atoms with Crippen molar-refractivity contribution in [1.29, 1.82) is 0 Å². The molecule has 18 heavy (non-hydrogen) atoms. The maximum Gasteiger partial charge on any atom is 0.251 e. The minimum Gasteiger partial charge on any atom is -0.361 e. The first-order valence-corrected chi connectivity index (χ1v) is 5.82. The smallest absolute Gasteiger partial charge is 0.251 e. The van der Waals surface area contributed by atoms with Crippen LogP contribution in [-0.4, -0.2) is 29.9 Å². The molecule has 0 aliphatic rings. The predicted molar refractivity (Wildman–Crippen MR) is 69.3 cm³/mol. The minimum atomic E-state index is -0.246. The summed E-state index contributed by atoms with van der Waals surface area (Å²) in [6.07, 6.45) is 1.82. The van der Waals surface area contributed by atoms with Crippen LogP contribution in [0, 0.1) is 0 Å². The molecule has 1 heterocycles. The fourth-order valence-electron chi connectivity index (χ4n) is 1.72. The van der Waals surface area contributed by atoms with E-state index in [1.807, 2.05) is 25.3 Å². The second-order valence-electron chi connectivity index (χ2n) is 3.92. The van der Waals surface area contributed by atoms with Crippen LogP contribution in [0.5, 0.6) is 0 Å². The van der Waals surface area contributed by atoms with Crippen LogP contribution in [0.15, 0.2) is 30.5 Å². The number of fused-ring (bicyclic) bond motifs is 1. The second kappa shape index (κ2) is 5.35. The molecule has 2 aromatic rings. The van der Waals surface area contributed by atoms with Crippen LogP contribution in [0.1, 0.15) is 17.3 Å². The Morgan fingerprint density at radius 1 is 1.22 bits per heavy atom. The van der Waals surface area contributed by atoms with Gasteiger partial charge in [-0.15, -0.1) is 0 Å². The standard InChI is InChI=1S/C13H15N3O2/c1-2-14-12(17)8-16-13(18)10-3-4-11-9(7-10)5-6-15-11/h3-7,15H,2,8H2,1H3,(H,14,17)(H,16,18). The molecule has 0 atom stereocenters. The lowest BCUT2D eigenvalue weighted by Crippen LogP contribution is -2.36. The number of H-pyrrole nitrogens is 1. The largest absolute Gasteiger partial charge is 0.361 e. The summed E-state index contributed by atoms with van der Waals surface area (Å²) in [7, 11) is 0. The fourth-order valence-corrected chi connectivity index (χ4v) is 1.72. The Labute approximate surface area is 105 Å². The van der Waals surface area contributed by atoms with Gasteiger partial charge in [-0.25, -0.2) is 0 Å². The van der Waals surface area contributed by atoms with Crippen LogP contribution in [0.4, 0.5) is 0 Å². The van der Waals surface area contributed by atoms with Crippen molar-refractivity contribution < 1.29 is 9.59 Å². The summed E-state index contributed by atoms with van der Waals surface area (Å²) in [6, 6.07) is 7.26. The van der Waals surface area contributed by atoms with Crippen molar-refractivity contribution in [1.82, 2.24) is 15.6 Å². The van der Waals surface area contributed by atoms with Crippen molar-refractivity contribution >= 4 is 22.7 Å². The molecule has 0 aliphatic carbocycles. The minimum absolute atomic E-state index is 0.00214. The molecule has 0 bridgehead atoms. The van der Waals surface area contributed by atoms with Gasteiger partial charge in [0, 0.05) is 29.2 Å². The van der Waals surface area contributed by atoms with Gasteiger partial charge in [-0.1, -0.05) is 0 Å². The third-order valence-electron chi connectivity index (χ3n) is 2.60. The summed E-state index contributed by atoms with van der Waals surface area (Å²) in [6.45, 7) is 2.39. The van der Waals surface area contributed by atoms with E-state index >= 15 is 0 Å². The van der Waals surface area contributed by atoms with Crippen molar-refractivity contribution in [2.75, 3.05) is 13.1 Å². The van der Waals surface area contributed by atoms with Crippen molar-refractivity contribution in [3.8, 4) is 0 Å². The number of hydrogen-bond donors (Lipinski definition) is 3. The lowest BCUT2D eigenvalue weighted by Gasteiger charge is -2.05. The van der Waals surface area contributed by atoms with E-state index in [4.69, 9.17) is 0 Å². The van der Waals surface area contributed by atoms with Crippen LogP contribution in [-0.2, 0) is 4.79 Å². The van der Waals surface area contributed by atoms with Gasteiger partial charge in [-0.3, -0.25) is 9.59 Å². The Kier molecular flexibility index (Phi) is 3.62. The third-order valence-corrected chi connectivity index (χ3v) is 2.60. The Bertz CT molecular complexity index is 574. The number of carbonyl (C=O) groups excluding carboxylic acids is 2. The number of amides is 2. The number of likely N-dealkylation sites (N-methyl/N-ethyl adjacent to an activating group) is 1. The van der Waals surface area contributed by atoms with Crippen LogP contribution in [0.3, 0.4) is 0 Å². The van der Waals surface area contributed by atoms with Crippen LogP contribution < -0.4 is 10.6 Å². The first-order valence-electron chi connectivity index (χ1n) is 5.82. The Morgan fingerprint density at radius 2 is 2.06 bits per heavy atom. The van der Waals surface area contributed by atoms with E-state index in [0.717, 1.165) is 10.9 Å². The SMILES string of the molecule is CCNC(=O)CNC(=O)c1ccc2[nH]ccc2c1. The van der Waals surface area contributed by atoms with Gasteiger partial charge in [-0.2, -0.15) is 0 Å². The average Bonchev–Trinajstić information content (AvgIpc) is 2.83. The van der Waals surface area contributed by atoms with Gasteiger partial charge in [0.05, 0.1) is 6.54 Å². The molecule has 94 valence electrons. The summed E-state index contributed by atoms with van der Waals surface area (Å²) < 4.78 is 0. The lowest BCUT2D eigenvalue weighted by molar-refractivity contribution is -0.120. The maximum absolute atomic E-state index is 11.8. The van der Waals surface area contributed by atoms with Gasteiger partial charge in [0.1, 0.15) is 0 Å². The highest BCUT2D eigenvalue weighted by Crippen LogP contribution is 2.13. The molecule has 3 N–H and O–H groups in total. The van der Waals surface area contributed by atoms with E-state index < -0.39 is 0 Å². The molecule has 0 aliphatic heterocycles. The van der Waals surface area contributed by atoms with E-state index in [0.29, 0.717) is 12.1 Å². The van der Waals surface area contributed by atoms with Gasteiger partial charge < -0.3 is 15.6 Å². The third kappa shape index (κ3) is 2.68. The van der Waals surface area contributed by atoms with Gasteiger partial charge in [-0.05, 0) is 31.2 Å². The zero-order chi connectivity index (χ0) is 13.0. The van der Waals surface area contributed by atoms with Crippen LogP contribution >= 0.6 is 0 Å². The molecule has 5 nitrogen and oxygen atoms in total. The van der Waals surface area contributed by atoms with Crippen LogP contribution in [0.2, 0.25) is 0 Å². The van der Waals surface area contributed by atoms with Crippen LogP contribution in [0.25, 0.3) is 10.9 Å². The quantitative estimate of drug-likeness (QED) is 0.752. The van der Waals surface area contributed by atoms with E-state index in [-0.39, 0.29) is 18.4 Å². The number of aromatic amines is 1. The number of hydrogen-bond acceptors (Lipinski definition) is 2. The van der Waals surface area contributed by atoms with E-state index in [1.165, 1.54) is 0 Å². The molecule has 5 heteroatoms. The average molecular weight is 245 g/mol. The van der Waals surface area contributed by atoms with Gasteiger partial charge >= 0.3 is 0 Å². The van der Waals surface area contributed by atoms with E-state index in [2.05, 4.69) is 15.6 Å². The summed E-state index contributed by atoms with van der Waals surface area (Å²) >= 11 is 0. The molecule has 0 spiro atoms. The predicted octanol–water partition coefficient (Wildman–Crippen LogP) is 1.03. The Balaban J connectivity index is 2.02. The van der Waals surface area contributed by atoms with Crippen molar-refractivity contribution in [2.45, 2.75) is 6.92 Å². The molecule has 0 saturated carbocycles. The second-order valence-corrected chi connectivity index (χ2v) is 3.92. The molecule has 2 amide bonds. The number of nitrogens with one attached hydrogen (secondary N) is 3. The zero-order valence-electron chi connectivity index (χ0n) is 10.1. The summed E-state index contributed by atoms with van der Waals surface area (Å²) in [5.41, 5.74) is 1.53. The van der Waals surface area contributed by atoms with Gasteiger partial charge in [0.25, 0.3) is 5.91 Å². The molecular formula is C13H15N3O2. The van der Waals surface area contributed by atoms with Crippen molar-refractivity contribution in [3.63, 3.8) is 0 Å². The monoisotopic (exact) mass is 245 g/mol. The maximum atomic E-state index is 11.8. The molecule has 0 fully saturated rings. The van der Waals surface area contributed by atoms with Gasteiger partial charge in [0.2, 0.25) is 5.91 Å². The summed E-state index contributed by atoms with van der Waals surface area (Å²) in [5, 5.41) is 6.17. The Morgan fingerprint density at radius 3 is 2.83 bits per heavy atom. The van der Waals surface area contributed by atoms with Crippen molar-refractivity contribution in [2.24, 2.45) is 0 Å². The Hall–Kier alpha value is -2.30. The number of benzene rings is 1. The normalized spacial score (nSPS) is 10.3. The molecule has 1 aromatic carbocycles. The number of aromatic nitrogens is 1. The molecule has 1 aromatic heterocycles. The molecule has 0 radical (unpaired) electrons. The highest BCUT2D eigenvalue weighted by molar-refractivity contribution is 5.99. The molecule has 0 unspecified atom stereocenters.